The van der Waals surface area contributed by atoms with E-state index in [4.69, 9.17) is 9.47 Å². The smallest absolute Gasteiger partial charge is 0.243 e. The average molecular weight is 397 g/mol. The number of hydrogen-bond acceptors (Lipinski definition) is 4. The second-order valence-electron chi connectivity index (χ2n) is 4.83. The minimum Gasteiger partial charge on any atom is -0.497 e. The molecule has 5 nitrogen and oxygen atoms in total. The summed E-state index contributed by atoms with van der Waals surface area (Å²) in [6, 6.07) is 9.62. The summed E-state index contributed by atoms with van der Waals surface area (Å²) in [7, 11) is 1.56. The molecule has 1 amide bonds. The van der Waals surface area contributed by atoms with Gasteiger partial charge in [0.1, 0.15) is 11.6 Å². The highest BCUT2D eigenvalue weighted by Crippen LogP contribution is 2.34. The minimum absolute atomic E-state index is 0.0345. The number of amides is 1. The zero-order valence-corrected chi connectivity index (χ0v) is 14.9. The number of methoxy groups -OCH3 is 1. The van der Waals surface area contributed by atoms with Crippen LogP contribution in [-0.2, 0) is 4.79 Å². The third-order valence-electron chi connectivity index (χ3n) is 3.09. The van der Waals surface area contributed by atoms with Crippen molar-refractivity contribution in [2.24, 2.45) is 0 Å². The van der Waals surface area contributed by atoms with Crippen LogP contribution in [-0.4, -0.2) is 26.2 Å². The van der Waals surface area contributed by atoms with E-state index in [1.807, 2.05) is 6.92 Å². The first-order valence-electron chi connectivity index (χ1n) is 7.33. The summed E-state index contributed by atoms with van der Waals surface area (Å²) >= 11 is 3.26. The van der Waals surface area contributed by atoms with Gasteiger partial charge in [-0.25, -0.2) is 4.39 Å². The van der Waals surface area contributed by atoms with Crippen LogP contribution in [0.25, 0.3) is 0 Å². The number of ether oxygens (including phenoxy) is 2. The molecule has 0 bridgehead atoms. The van der Waals surface area contributed by atoms with Crippen LogP contribution in [0.1, 0.15) is 6.92 Å². The molecule has 2 aromatic carbocycles. The van der Waals surface area contributed by atoms with Crippen LogP contribution >= 0.6 is 15.9 Å². The lowest BCUT2D eigenvalue weighted by Gasteiger charge is -2.14. The molecule has 0 spiro atoms. The van der Waals surface area contributed by atoms with Crippen molar-refractivity contribution in [2.75, 3.05) is 30.9 Å². The number of carbonyl (C=O) groups is 1. The van der Waals surface area contributed by atoms with Gasteiger partial charge in [-0.15, -0.1) is 0 Å². The van der Waals surface area contributed by atoms with Crippen molar-refractivity contribution in [3.63, 3.8) is 0 Å². The molecule has 2 aromatic rings. The summed E-state index contributed by atoms with van der Waals surface area (Å²) in [5, 5.41) is 5.63. The van der Waals surface area contributed by atoms with E-state index in [1.54, 1.807) is 31.4 Å². The molecule has 2 rings (SSSR count). The second kappa shape index (κ2) is 8.54. The first-order chi connectivity index (χ1) is 11.5. The van der Waals surface area contributed by atoms with Crippen LogP contribution in [0.3, 0.4) is 0 Å². The van der Waals surface area contributed by atoms with Crippen LogP contribution in [0.2, 0.25) is 0 Å². The summed E-state index contributed by atoms with van der Waals surface area (Å²) in [5.74, 6) is 0.411. The molecular formula is C17H18BrFN2O3. The zero-order valence-electron chi connectivity index (χ0n) is 13.4. The van der Waals surface area contributed by atoms with E-state index in [-0.39, 0.29) is 12.5 Å². The number of carbonyl (C=O) groups excluding carboxylic acids is 1. The molecule has 0 radical (unpaired) electrons. The largest absolute Gasteiger partial charge is 0.497 e. The SMILES string of the molecule is CCOc1c(Br)cc(F)cc1NCC(=O)Nc1cccc(OC)c1. The predicted octanol–water partition coefficient (Wildman–Crippen LogP) is 4.05. The molecule has 24 heavy (non-hydrogen) atoms. The van der Waals surface area contributed by atoms with Gasteiger partial charge in [0.2, 0.25) is 5.91 Å². The molecule has 0 aliphatic heterocycles. The van der Waals surface area contributed by atoms with Gasteiger partial charge < -0.3 is 20.1 Å². The van der Waals surface area contributed by atoms with Crippen molar-refractivity contribution in [1.29, 1.82) is 0 Å². The third-order valence-corrected chi connectivity index (χ3v) is 3.68. The maximum atomic E-state index is 13.6. The van der Waals surface area contributed by atoms with E-state index in [0.29, 0.717) is 34.0 Å². The number of benzene rings is 2. The standard InChI is InChI=1S/C17H18BrFN2O3/c1-3-24-17-14(18)7-11(19)8-15(17)20-10-16(22)21-12-5-4-6-13(9-12)23-2/h4-9,20H,3,10H2,1-2H3,(H,21,22). The van der Waals surface area contributed by atoms with Gasteiger partial charge in [-0.2, -0.15) is 0 Å². The number of halogens is 2. The lowest BCUT2D eigenvalue weighted by atomic mass is 10.2. The molecule has 0 saturated heterocycles. The molecule has 0 aliphatic carbocycles. The summed E-state index contributed by atoms with van der Waals surface area (Å²) in [6.45, 7) is 2.22. The molecular weight excluding hydrogens is 379 g/mol. The number of nitrogens with one attached hydrogen (secondary N) is 2. The first-order valence-corrected chi connectivity index (χ1v) is 8.12. The molecule has 0 saturated carbocycles. The highest BCUT2D eigenvalue weighted by atomic mass is 79.9. The van der Waals surface area contributed by atoms with Crippen LogP contribution in [0.15, 0.2) is 40.9 Å². The molecule has 128 valence electrons. The van der Waals surface area contributed by atoms with E-state index in [9.17, 15) is 9.18 Å². The molecule has 2 N–H and O–H groups in total. The van der Waals surface area contributed by atoms with Crippen molar-refractivity contribution in [3.8, 4) is 11.5 Å². The van der Waals surface area contributed by atoms with Gasteiger partial charge in [-0.1, -0.05) is 6.07 Å². The van der Waals surface area contributed by atoms with Crippen LogP contribution < -0.4 is 20.1 Å². The van der Waals surface area contributed by atoms with E-state index in [2.05, 4.69) is 26.6 Å². The Balaban J connectivity index is 2.03. The fraction of sp³-hybridized carbons (Fsp3) is 0.235. The molecule has 0 fully saturated rings. The normalized spacial score (nSPS) is 10.2. The van der Waals surface area contributed by atoms with Gasteiger partial charge in [0.15, 0.2) is 5.75 Å². The van der Waals surface area contributed by atoms with Crippen molar-refractivity contribution >= 4 is 33.2 Å². The van der Waals surface area contributed by atoms with Crippen molar-refractivity contribution in [3.05, 3.63) is 46.7 Å². The maximum absolute atomic E-state index is 13.6. The molecule has 7 heteroatoms. The highest BCUT2D eigenvalue weighted by Gasteiger charge is 2.12. The summed E-state index contributed by atoms with van der Waals surface area (Å²) in [6.07, 6.45) is 0. The summed E-state index contributed by atoms with van der Waals surface area (Å²) < 4.78 is 24.6. The topological polar surface area (TPSA) is 59.6 Å². The van der Waals surface area contributed by atoms with Gasteiger partial charge in [-0.3, -0.25) is 4.79 Å². The Labute approximate surface area is 148 Å². The van der Waals surface area contributed by atoms with Gasteiger partial charge in [0.05, 0.1) is 30.4 Å². The molecule has 0 atom stereocenters. The molecule has 0 unspecified atom stereocenters. The lowest BCUT2D eigenvalue weighted by Crippen LogP contribution is -2.22. The molecule has 0 aliphatic rings. The number of rotatable bonds is 7. The second-order valence-corrected chi connectivity index (χ2v) is 5.69. The van der Waals surface area contributed by atoms with E-state index >= 15 is 0 Å². The fourth-order valence-corrected chi connectivity index (χ4v) is 2.61. The van der Waals surface area contributed by atoms with Gasteiger partial charge in [0, 0.05) is 17.8 Å². The van der Waals surface area contributed by atoms with Crippen molar-refractivity contribution in [1.82, 2.24) is 0 Å². The molecule has 0 heterocycles. The number of hydrogen-bond donors (Lipinski definition) is 2. The van der Waals surface area contributed by atoms with Gasteiger partial charge in [-0.05, 0) is 41.1 Å². The molecule has 0 aromatic heterocycles. The van der Waals surface area contributed by atoms with Crippen LogP contribution in [0.4, 0.5) is 15.8 Å². The van der Waals surface area contributed by atoms with Crippen molar-refractivity contribution < 1.29 is 18.7 Å². The lowest BCUT2D eigenvalue weighted by molar-refractivity contribution is -0.114. The van der Waals surface area contributed by atoms with Crippen LogP contribution in [0, 0.1) is 5.82 Å². The Morgan fingerprint density at radius 1 is 1.29 bits per heavy atom. The highest BCUT2D eigenvalue weighted by molar-refractivity contribution is 9.10. The van der Waals surface area contributed by atoms with Gasteiger partial charge >= 0.3 is 0 Å². The Bertz CT molecular complexity index is 725. The number of anilines is 2. The van der Waals surface area contributed by atoms with E-state index < -0.39 is 5.82 Å². The average Bonchev–Trinajstić information content (AvgIpc) is 2.56. The van der Waals surface area contributed by atoms with E-state index in [1.165, 1.54) is 12.1 Å². The Kier molecular flexibility index (Phi) is 6.43. The summed E-state index contributed by atoms with van der Waals surface area (Å²) in [5.41, 5.74) is 1.02. The van der Waals surface area contributed by atoms with Gasteiger partial charge in [0.25, 0.3) is 0 Å². The predicted molar refractivity (Wildman–Crippen MR) is 95.4 cm³/mol. The van der Waals surface area contributed by atoms with E-state index in [0.717, 1.165) is 0 Å². The Morgan fingerprint density at radius 2 is 2.08 bits per heavy atom. The Hall–Kier alpha value is -2.28. The summed E-state index contributed by atoms with van der Waals surface area (Å²) in [4.78, 5) is 12.1. The third kappa shape index (κ3) is 4.86. The zero-order chi connectivity index (χ0) is 17.5. The Morgan fingerprint density at radius 3 is 2.79 bits per heavy atom. The minimum atomic E-state index is -0.430. The van der Waals surface area contributed by atoms with Crippen molar-refractivity contribution in [2.45, 2.75) is 6.92 Å². The maximum Gasteiger partial charge on any atom is 0.243 e. The van der Waals surface area contributed by atoms with Crippen LogP contribution in [0.5, 0.6) is 11.5 Å². The fourth-order valence-electron chi connectivity index (χ4n) is 2.06. The quantitative estimate of drug-likeness (QED) is 0.740. The first kappa shape index (κ1) is 18.1. The monoisotopic (exact) mass is 396 g/mol.